The van der Waals surface area contributed by atoms with Crippen LogP contribution in [0.15, 0.2) is 17.0 Å². The Morgan fingerprint density at radius 3 is 2.40 bits per heavy atom. The van der Waals surface area contributed by atoms with Crippen molar-refractivity contribution in [3.63, 3.8) is 0 Å². The van der Waals surface area contributed by atoms with E-state index < -0.39 is 16.1 Å². The topological polar surface area (TPSA) is 92.4 Å². The van der Waals surface area contributed by atoms with E-state index in [0.717, 1.165) is 5.56 Å². The summed E-state index contributed by atoms with van der Waals surface area (Å²) in [7, 11) is -3.74. The van der Waals surface area contributed by atoms with Crippen molar-refractivity contribution in [3.8, 4) is 0 Å². The first kappa shape index (κ1) is 16.9. The van der Waals surface area contributed by atoms with Crippen molar-refractivity contribution >= 4 is 15.7 Å². The standard InChI is InChI=1S/C14H24N2O3S/c1-9(2)7-12(8-17)16-20(18,19)14-11(4)10(3)5-6-13(14)15/h5-6,9,12,16-17H,7-8,15H2,1-4H3. The minimum atomic E-state index is -3.74. The number of nitrogens with one attached hydrogen (secondary N) is 1. The van der Waals surface area contributed by atoms with Gasteiger partial charge in [0.15, 0.2) is 0 Å². The molecule has 0 aliphatic heterocycles. The number of aliphatic hydroxyl groups is 1. The van der Waals surface area contributed by atoms with Crippen LogP contribution in [0.25, 0.3) is 0 Å². The van der Waals surface area contributed by atoms with Crippen molar-refractivity contribution in [3.05, 3.63) is 23.3 Å². The number of anilines is 1. The molecule has 6 heteroatoms. The number of hydrogen-bond acceptors (Lipinski definition) is 4. The van der Waals surface area contributed by atoms with Gasteiger partial charge in [0, 0.05) is 6.04 Å². The molecule has 0 saturated heterocycles. The van der Waals surface area contributed by atoms with Crippen LogP contribution in [-0.2, 0) is 10.0 Å². The number of aliphatic hydroxyl groups excluding tert-OH is 1. The summed E-state index contributed by atoms with van der Waals surface area (Å²) < 4.78 is 27.5. The fourth-order valence-corrected chi connectivity index (χ4v) is 3.84. The fraction of sp³-hybridized carbons (Fsp3) is 0.571. The Kier molecular flexibility index (Phi) is 5.56. The predicted molar refractivity (Wildman–Crippen MR) is 81.0 cm³/mol. The maximum Gasteiger partial charge on any atom is 0.243 e. The van der Waals surface area contributed by atoms with Gasteiger partial charge >= 0.3 is 0 Å². The second-order valence-electron chi connectivity index (χ2n) is 5.56. The van der Waals surface area contributed by atoms with Crippen LogP contribution in [0.3, 0.4) is 0 Å². The van der Waals surface area contributed by atoms with E-state index in [0.29, 0.717) is 12.0 Å². The van der Waals surface area contributed by atoms with Crippen molar-refractivity contribution in [1.29, 1.82) is 0 Å². The van der Waals surface area contributed by atoms with Gasteiger partial charge in [0.05, 0.1) is 12.3 Å². The summed E-state index contributed by atoms with van der Waals surface area (Å²) in [4.78, 5) is 0.111. The summed E-state index contributed by atoms with van der Waals surface area (Å²) >= 11 is 0. The van der Waals surface area contributed by atoms with Gasteiger partial charge in [0.2, 0.25) is 10.0 Å². The van der Waals surface area contributed by atoms with E-state index >= 15 is 0 Å². The van der Waals surface area contributed by atoms with Gasteiger partial charge in [-0.1, -0.05) is 19.9 Å². The molecule has 1 aromatic carbocycles. The van der Waals surface area contributed by atoms with Crippen LogP contribution in [0.5, 0.6) is 0 Å². The molecule has 1 rings (SSSR count). The zero-order chi connectivity index (χ0) is 15.5. The molecule has 5 nitrogen and oxygen atoms in total. The van der Waals surface area contributed by atoms with Crippen LogP contribution < -0.4 is 10.5 Å². The van der Waals surface area contributed by atoms with Gasteiger partial charge in [0.25, 0.3) is 0 Å². The molecule has 1 aromatic rings. The Morgan fingerprint density at radius 1 is 1.30 bits per heavy atom. The number of sulfonamides is 1. The zero-order valence-corrected chi connectivity index (χ0v) is 13.3. The molecule has 1 atom stereocenters. The quantitative estimate of drug-likeness (QED) is 0.695. The summed E-state index contributed by atoms with van der Waals surface area (Å²) in [5, 5.41) is 9.32. The van der Waals surface area contributed by atoms with Crippen molar-refractivity contribution in [2.45, 2.75) is 45.1 Å². The smallest absolute Gasteiger partial charge is 0.243 e. The van der Waals surface area contributed by atoms with E-state index in [2.05, 4.69) is 4.72 Å². The van der Waals surface area contributed by atoms with Crippen LogP contribution in [0.1, 0.15) is 31.4 Å². The lowest BCUT2D eigenvalue weighted by Crippen LogP contribution is -2.39. The highest BCUT2D eigenvalue weighted by atomic mass is 32.2. The summed E-state index contributed by atoms with van der Waals surface area (Å²) in [6, 6.07) is 2.88. The molecule has 0 amide bonds. The van der Waals surface area contributed by atoms with Gasteiger partial charge in [-0.15, -0.1) is 0 Å². The average molecular weight is 300 g/mol. The fourth-order valence-electron chi connectivity index (χ4n) is 2.18. The van der Waals surface area contributed by atoms with Gasteiger partial charge in [0.1, 0.15) is 4.90 Å². The molecule has 0 aromatic heterocycles. The third-order valence-corrected chi connectivity index (χ3v) is 5.00. The summed E-state index contributed by atoms with van der Waals surface area (Å²) in [5.41, 5.74) is 7.54. The van der Waals surface area contributed by atoms with Gasteiger partial charge in [-0.05, 0) is 43.4 Å². The molecule has 1 unspecified atom stereocenters. The molecule has 0 saturated carbocycles. The molecule has 0 aliphatic carbocycles. The SMILES string of the molecule is Cc1ccc(N)c(S(=O)(=O)NC(CO)CC(C)C)c1C. The largest absolute Gasteiger partial charge is 0.398 e. The molecular weight excluding hydrogens is 276 g/mol. The van der Waals surface area contributed by atoms with Crippen LogP contribution in [0, 0.1) is 19.8 Å². The molecule has 20 heavy (non-hydrogen) atoms. The maximum atomic E-state index is 12.5. The van der Waals surface area contributed by atoms with Crippen LogP contribution in [0.2, 0.25) is 0 Å². The van der Waals surface area contributed by atoms with E-state index in [1.807, 2.05) is 20.8 Å². The highest BCUT2D eigenvalue weighted by Gasteiger charge is 2.24. The lowest BCUT2D eigenvalue weighted by molar-refractivity contribution is 0.240. The van der Waals surface area contributed by atoms with Crippen LogP contribution in [0.4, 0.5) is 5.69 Å². The number of rotatable bonds is 6. The Hall–Kier alpha value is -1.11. The Bertz CT molecular complexity index is 568. The minimum absolute atomic E-state index is 0.111. The van der Waals surface area contributed by atoms with Crippen molar-refractivity contribution in [2.75, 3.05) is 12.3 Å². The second kappa shape index (κ2) is 6.56. The minimum Gasteiger partial charge on any atom is -0.398 e. The highest BCUT2D eigenvalue weighted by molar-refractivity contribution is 7.89. The van der Waals surface area contributed by atoms with E-state index in [1.54, 1.807) is 19.1 Å². The zero-order valence-electron chi connectivity index (χ0n) is 12.5. The number of nitrogen functional groups attached to an aromatic ring is 1. The molecule has 0 fully saturated rings. The first-order valence-electron chi connectivity index (χ1n) is 6.68. The highest BCUT2D eigenvalue weighted by Crippen LogP contribution is 2.25. The van der Waals surface area contributed by atoms with Crippen molar-refractivity contribution < 1.29 is 13.5 Å². The molecule has 0 radical (unpaired) electrons. The van der Waals surface area contributed by atoms with E-state index in [1.165, 1.54) is 0 Å². The van der Waals surface area contributed by atoms with E-state index in [4.69, 9.17) is 5.73 Å². The molecule has 0 heterocycles. The monoisotopic (exact) mass is 300 g/mol. The Balaban J connectivity index is 3.14. The van der Waals surface area contributed by atoms with Gasteiger partial charge < -0.3 is 10.8 Å². The van der Waals surface area contributed by atoms with Crippen LogP contribution >= 0.6 is 0 Å². The summed E-state index contributed by atoms with van der Waals surface area (Å²) in [6.45, 7) is 7.29. The molecule has 0 spiro atoms. The average Bonchev–Trinajstić information content (AvgIpc) is 2.32. The summed E-state index contributed by atoms with van der Waals surface area (Å²) in [6.07, 6.45) is 0.570. The molecular formula is C14H24N2O3S. The lowest BCUT2D eigenvalue weighted by Gasteiger charge is -2.20. The summed E-state index contributed by atoms with van der Waals surface area (Å²) in [5.74, 6) is 0.283. The lowest BCUT2D eigenvalue weighted by atomic mass is 10.1. The number of nitrogens with two attached hydrogens (primary N) is 1. The van der Waals surface area contributed by atoms with Gasteiger partial charge in [-0.3, -0.25) is 0 Å². The maximum absolute atomic E-state index is 12.5. The second-order valence-corrected chi connectivity index (χ2v) is 7.21. The van der Waals surface area contributed by atoms with Crippen LogP contribution in [-0.4, -0.2) is 26.2 Å². The van der Waals surface area contributed by atoms with Gasteiger partial charge in [-0.2, -0.15) is 0 Å². The molecule has 114 valence electrons. The third kappa shape index (κ3) is 3.94. The van der Waals surface area contributed by atoms with E-state index in [-0.39, 0.29) is 23.1 Å². The van der Waals surface area contributed by atoms with Crippen molar-refractivity contribution in [1.82, 2.24) is 4.72 Å². The molecule has 0 bridgehead atoms. The molecule has 0 aliphatic rings. The third-order valence-electron chi connectivity index (χ3n) is 3.27. The molecule has 4 N–H and O–H groups in total. The number of hydrogen-bond donors (Lipinski definition) is 3. The Labute approximate surface area is 121 Å². The first-order chi connectivity index (χ1) is 9.19. The predicted octanol–water partition coefficient (Wildman–Crippen LogP) is 1.57. The van der Waals surface area contributed by atoms with E-state index in [9.17, 15) is 13.5 Å². The number of benzene rings is 1. The first-order valence-corrected chi connectivity index (χ1v) is 8.16. The normalized spacial score (nSPS) is 13.7. The number of aryl methyl sites for hydroxylation is 1. The van der Waals surface area contributed by atoms with Crippen molar-refractivity contribution in [2.24, 2.45) is 5.92 Å². The Morgan fingerprint density at radius 2 is 1.90 bits per heavy atom. The van der Waals surface area contributed by atoms with Gasteiger partial charge in [-0.25, -0.2) is 13.1 Å².